The van der Waals surface area contributed by atoms with Crippen LogP contribution in [0, 0.1) is 0 Å². The molecule has 3 nitrogen and oxygen atoms in total. The second-order valence-electron chi connectivity index (χ2n) is 3.81. The second kappa shape index (κ2) is 4.82. The van der Waals surface area contributed by atoms with Crippen molar-refractivity contribution in [2.75, 3.05) is 0 Å². The van der Waals surface area contributed by atoms with Gasteiger partial charge in [0.15, 0.2) is 0 Å². The minimum absolute atomic E-state index is 0. The van der Waals surface area contributed by atoms with Gasteiger partial charge in [-0.1, -0.05) is 0 Å². The molecule has 0 aliphatic carbocycles. The molecular formula is C9H19ClN2O. The first kappa shape index (κ1) is 12.7. The van der Waals surface area contributed by atoms with Crippen molar-refractivity contribution in [3.05, 3.63) is 0 Å². The summed E-state index contributed by atoms with van der Waals surface area (Å²) in [7, 11) is 0. The van der Waals surface area contributed by atoms with E-state index in [4.69, 9.17) is 5.73 Å². The summed E-state index contributed by atoms with van der Waals surface area (Å²) in [6, 6.07) is 0.394. The Kier molecular flexibility index (Phi) is 4.71. The Labute approximate surface area is 86.1 Å². The maximum atomic E-state index is 11.6. The molecule has 0 aromatic carbocycles. The predicted octanol–water partition coefficient (Wildman–Crippen LogP) is 1.15. The zero-order valence-corrected chi connectivity index (χ0v) is 9.30. The smallest absolute Gasteiger partial charge is 0.239 e. The third-order valence-corrected chi connectivity index (χ3v) is 2.60. The summed E-state index contributed by atoms with van der Waals surface area (Å²) in [6.07, 6.45) is 2.22. The first-order chi connectivity index (χ1) is 5.54. The number of nitrogens with zero attached hydrogens (tertiary/aromatic N) is 1. The van der Waals surface area contributed by atoms with Gasteiger partial charge in [0.05, 0.1) is 6.04 Å². The van der Waals surface area contributed by atoms with Gasteiger partial charge in [-0.2, -0.15) is 0 Å². The quantitative estimate of drug-likeness (QED) is 0.700. The number of amides is 1. The zero-order valence-electron chi connectivity index (χ0n) is 8.49. The molecule has 2 N–H and O–H groups in total. The van der Waals surface area contributed by atoms with Gasteiger partial charge in [-0.3, -0.25) is 4.79 Å². The second-order valence-corrected chi connectivity index (χ2v) is 3.81. The van der Waals surface area contributed by atoms with E-state index < -0.39 is 0 Å². The van der Waals surface area contributed by atoms with Crippen molar-refractivity contribution in [2.24, 2.45) is 5.73 Å². The molecule has 1 aliphatic rings. The Balaban J connectivity index is 0.00000144. The third kappa shape index (κ3) is 2.58. The van der Waals surface area contributed by atoms with Gasteiger partial charge in [0.25, 0.3) is 0 Å². The van der Waals surface area contributed by atoms with Gasteiger partial charge in [-0.25, -0.2) is 0 Å². The molecule has 3 unspecified atom stereocenters. The molecule has 1 heterocycles. The van der Waals surface area contributed by atoms with Crippen LogP contribution in [0.4, 0.5) is 0 Å². The lowest BCUT2D eigenvalue weighted by atomic mass is 10.2. The molecule has 3 atom stereocenters. The fraction of sp³-hybridized carbons (Fsp3) is 0.889. The van der Waals surface area contributed by atoms with E-state index >= 15 is 0 Å². The number of hydrogen-bond acceptors (Lipinski definition) is 2. The molecule has 0 aromatic rings. The maximum Gasteiger partial charge on any atom is 0.239 e. The number of halogens is 1. The Hall–Kier alpha value is -0.280. The van der Waals surface area contributed by atoms with Crippen LogP contribution in [0.3, 0.4) is 0 Å². The van der Waals surface area contributed by atoms with Gasteiger partial charge in [0, 0.05) is 12.1 Å². The summed E-state index contributed by atoms with van der Waals surface area (Å²) in [4.78, 5) is 13.5. The standard InChI is InChI=1S/C9H18N2O.ClH/c1-6-4-5-7(2)11(6)9(12)8(3)10;/h6-8H,4-5,10H2,1-3H3;1H. The van der Waals surface area contributed by atoms with E-state index in [1.807, 2.05) is 4.90 Å². The summed E-state index contributed by atoms with van der Waals surface area (Å²) < 4.78 is 0. The highest BCUT2D eigenvalue weighted by molar-refractivity contribution is 5.85. The SMILES string of the molecule is CC(N)C(=O)N1C(C)CCC1C.Cl. The Morgan fingerprint density at radius 2 is 1.77 bits per heavy atom. The molecule has 0 spiro atoms. The monoisotopic (exact) mass is 206 g/mol. The van der Waals surface area contributed by atoms with Crippen molar-refractivity contribution in [1.82, 2.24) is 4.90 Å². The van der Waals surface area contributed by atoms with E-state index in [1.165, 1.54) is 0 Å². The number of likely N-dealkylation sites (tertiary alicyclic amines) is 1. The van der Waals surface area contributed by atoms with Crippen LogP contribution in [0.1, 0.15) is 33.6 Å². The minimum Gasteiger partial charge on any atom is -0.336 e. The van der Waals surface area contributed by atoms with Crippen LogP contribution >= 0.6 is 12.4 Å². The highest BCUT2D eigenvalue weighted by atomic mass is 35.5. The predicted molar refractivity (Wildman–Crippen MR) is 55.9 cm³/mol. The van der Waals surface area contributed by atoms with Crippen LogP contribution in [0.25, 0.3) is 0 Å². The van der Waals surface area contributed by atoms with Crippen LogP contribution in [0.5, 0.6) is 0 Å². The minimum atomic E-state index is -0.354. The van der Waals surface area contributed by atoms with Crippen molar-refractivity contribution in [3.8, 4) is 0 Å². The molecule has 1 fully saturated rings. The molecule has 0 bridgehead atoms. The van der Waals surface area contributed by atoms with Gasteiger partial charge in [0.2, 0.25) is 5.91 Å². The summed E-state index contributed by atoms with van der Waals surface area (Å²) in [6.45, 7) is 5.92. The lowest BCUT2D eigenvalue weighted by Gasteiger charge is -2.27. The van der Waals surface area contributed by atoms with Crippen molar-refractivity contribution in [2.45, 2.75) is 51.7 Å². The number of rotatable bonds is 1. The number of carbonyl (C=O) groups excluding carboxylic acids is 1. The van der Waals surface area contributed by atoms with Crippen LogP contribution in [-0.4, -0.2) is 28.9 Å². The lowest BCUT2D eigenvalue weighted by molar-refractivity contribution is -0.134. The van der Waals surface area contributed by atoms with Gasteiger partial charge in [-0.05, 0) is 33.6 Å². The molecular weight excluding hydrogens is 188 g/mol. The lowest BCUT2D eigenvalue weighted by Crippen LogP contribution is -2.46. The highest BCUT2D eigenvalue weighted by Gasteiger charge is 2.32. The van der Waals surface area contributed by atoms with Crippen molar-refractivity contribution >= 4 is 18.3 Å². The Morgan fingerprint density at radius 1 is 1.38 bits per heavy atom. The van der Waals surface area contributed by atoms with E-state index in [-0.39, 0.29) is 24.4 Å². The first-order valence-corrected chi connectivity index (χ1v) is 4.61. The fourth-order valence-corrected chi connectivity index (χ4v) is 1.86. The van der Waals surface area contributed by atoms with Crippen LogP contribution in [-0.2, 0) is 4.79 Å². The number of nitrogens with two attached hydrogens (primary N) is 1. The van der Waals surface area contributed by atoms with Crippen molar-refractivity contribution in [3.63, 3.8) is 0 Å². The molecule has 0 aromatic heterocycles. The largest absolute Gasteiger partial charge is 0.336 e. The Bertz CT molecular complexity index is 174. The van der Waals surface area contributed by atoms with Crippen LogP contribution < -0.4 is 5.73 Å². The molecule has 13 heavy (non-hydrogen) atoms. The third-order valence-electron chi connectivity index (χ3n) is 2.60. The Morgan fingerprint density at radius 3 is 2.08 bits per heavy atom. The first-order valence-electron chi connectivity index (χ1n) is 4.61. The maximum absolute atomic E-state index is 11.6. The number of carbonyl (C=O) groups is 1. The fourth-order valence-electron chi connectivity index (χ4n) is 1.86. The zero-order chi connectivity index (χ0) is 9.30. The van der Waals surface area contributed by atoms with E-state index in [9.17, 15) is 4.79 Å². The van der Waals surface area contributed by atoms with Gasteiger partial charge in [0.1, 0.15) is 0 Å². The normalized spacial score (nSPS) is 29.7. The summed E-state index contributed by atoms with van der Waals surface area (Å²) in [5.41, 5.74) is 5.55. The van der Waals surface area contributed by atoms with Gasteiger partial charge >= 0.3 is 0 Å². The summed E-state index contributed by atoms with van der Waals surface area (Å²) >= 11 is 0. The molecule has 1 rings (SSSR count). The molecule has 4 heteroatoms. The summed E-state index contributed by atoms with van der Waals surface area (Å²) in [5, 5.41) is 0. The molecule has 0 saturated carbocycles. The highest BCUT2D eigenvalue weighted by Crippen LogP contribution is 2.23. The summed E-state index contributed by atoms with van der Waals surface area (Å²) in [5.74, 6) is 0.0903. The molecule has 1 saturated heterocycles. The van der Waals surface area contributed by atoms with Crippen molar-refractivity contribution < 1.29 is 4.79 Å². The number of hydrogen-bond donors (Lipinski definition) is 1. The topological polar surface area (TPSA) is 46.3 Å². The molecule has 78 valence electrons. The van der Waals surface area contributed by atoms with E-state index in [0.717, 1.165) is 12.8 Å². The van der Waals surface area contributed by atoms with Crippen LogP contribution in [0.15, 0.2) is 0 Å². The van der Waals surface area contributed by atoms with E-state index in [1.54, 1.807) is 6.92 Å². The van der Waals surface area contributed by atoms with Crippen molar-refractivity contribution in [1.29, 1.82) is 0 Å². The average Bonchev–Trinajstić information content (AvgIpc) is 2.30. The van der Waals surface area contributed by atoms with E-state index in [2.05, 4.69) is 13.8 Å². The van der Waals surface area contributed by atoms with Gasteiger partial charge < -0.3 is 10.6 Å². The van der Waals surface area contributed by atoms with Crippen LogP contribution in [0.2, 0.25) is 0 Å². The molecule has 0 radical (unpaired) electrons. The van der Waals surface area contributed by atoms with Gasteiger partial charge in [-0.15, -0.1) is 12.4 Å². The molecule has 1 amide bonds. The molecule has 1 aliphatic heterocycles. The van der Waals surface area contributed by atoms with E-state index in [0.29, 0.717) is 12.1 Å². The average molecular weight is 207 g/mol.